The molecule has 1 atom stereocenters. The van der Waals surface area contributed by atoms with E-state index < -0.39 is 6.04 Å². The summed E-state index contributed by atoms with van der Waals surface area (Å²) in [6, 6.07) is 2.87. The first-order valence-corrected chi connectivity index (χ1v) is 7.39. The highest BCUT2D eigenvalue weighted by atomic mass is 32.1. The number of carbonyl (C=O) groups is 3. The summed E-state index contributed by atoms with van der Waals surface area (Å²) in [6.07, 6.45) is 0.529. The van der Waals surface area contributed by atoms with Gasteiger partial charge in [-0.15, -0.1) is 11.3 Å². The molecule has 0 bridgehead atoms. The molecule has 0 saturated carbocycles. The number of carbonyl (C=O) groups excluding carboxylic acids is 3. The molecule has 2 amide bonds. The fourth-order valence-electron chi connectivity index (χ4n) is 1.67. The van der Waals surface area contributed by atoms with Crippen molar-refractivity contribution in [2.24, 2.45) is 5.92 Å². The van der Waals surface area contributed by atoms with E-state index in [0.717, 1.165) is 0 Å². The van der Waals surface area contributed by atoms with Gasteiger partial charge in [-0.05, 0) is 30.7 Å². The van der Waals surface area contributed by atoms with Gasteiger partial charge in [0.1, 0.15) is 11.8 Å². The molecule has 20 heavy (non-hydrogen) atoms. The first kappa shape index (κ1) is 16.4. The Bertz CT molecular complexity index is 469. The molecule has 0 fully saturated rings. The van der Waals surface area contributed by atoms with Gasteiger partial charge >= 0.3 is 0 Å². The van der Waals surface area contributed by atoms with Crippen LogP contribution in [0.25, 0.3) is 0 Å². The summed E-state index contributed by atoms with van der Waals surface area (Å²) in [6.45, 7) is 5.34. The molecular weight excluding hydrogens is 276 g/mol. The lowest BCUT2D eigenvalue weighted by Gasteiger charge is -2.19. The van der Waals surface area contributed by atoms with Gasteiger partial charge in [0.25, 0.3) is 5.91 Å². The van der Waals surface area contributed by atoms with Crippen molar-refractivity contribution in [1.82, 2.24) is 10.6 Å². The summed E-state index contributed by atoms with van der Waals surface area (Å²) in [5, 5.41) is 7.07. The Morgan fingerprint density at radius 3 is 2.50 bits per heavy atom. The van der Waals surface area contributed by atoms with Crippen LogP contribution in [-0.4, -0.2) is 30.2 Å². The minimum atomic E-state index is -0.621. The molecule has 0 aromatic carbocycles. The van der Waals surface area contributed by atoms with Crippen LogP contribution < -0.4 is 10.6 Å². The Labute approximate surface area is 122 Å². The molecule has 1 rings (SSSR count). The van der Waals surface area contributed by atoms with Gasteiger partial charge in [-0.1, -0.05) is 19.9 Å². The zero-order chi connectivity index (χ0) is 15.1. The number of Topliss-reactive ketones (excluding diaryl/α,β-unsaturated/α-hetero) is 1. The number of amides is 2. The average Bonchev–Trinajstić information content (AvgIpc) is 2.88. The maximum absolute atomic E-state index is 12.0. The molecule has 0 radical (unpaired) electrons. The third kappa shape index (κ3) is 5.52. The highest BCUT2D eigenvalue weighted by Crippen LogP contribution is 2.10. The standard InChI is InChI=1S/C14H20N2O3S/c1-9(2)7-11(13(18)15-8-10(3)17)16-14(19)12-5-4-6-20-12/h4-6,9,11H,7-8H2,1-3H3,(H,15,18)(H,16,19)/t11-/m0/s1. The van der Waals surface area contributed by atoms with Crippen LogP contribution in [0.15, 0.2) is 17.5 Å². The van der Waals surface area contributed by atoms with Gasteiger partial charge in [0, 0.05) is 0 Å². The average molecular weight is 296 g/mol. The Morgan fingerprint density at radius 2 is 2.00 bits per heavy atom. The third-order valence-electron chi connectivity index (χ3n) is 2.59. The van der Waals surface area contributed by atoms with Crippen molar-refractivity contribution in [2.75, 3.05) is 6.54 Å². The van der Waals surface area contributed by atoms with Crippen LogP contribution in [0.5, 0.6) is 0 Å². The third-order valence-corrected chi connectivity index (χ3v) is 3.45. The summed E-state index contributed by atoms with van der Waals surface area (Å²) in [5.41, 5.74) is 0. The van der Waals surface area contributed by atoms with E-state index in [1.807, 2.05) is 19.2 Å². The molecule has 1 aromatic heterocycles. The highest BCUT2D eigenvalue weighted by molar-refractivity contribution is 7.12. The zero-order valence-corrected chi connectivity index (χ0v) is 12.8. The monoisotopic (exact) mass is 296 g/mol. The topological polar surface area (TPSA) is 75.3 Å². The Kier molecular flexibility index (Phi) is 6.38. The van der Waals surface area contributed by atoms with E-state index in [1.54, 1.807) is 12.1 Å². The van der Waals surface area contributed by atoms with Crippen molar-refractivity contribution in [1.29, 1.82) is 0 Å². The van der Waals surface area contributed by atoms with E-state index in [2.05, 4.69) is 10.6 Å². The molecule has 110 valence electrons. The van der Waals surface area contributed by atoms with Gasteiger partial charge in [0.2, 0.25) is 5.91 Å². The summed E-state index contributed by atoms with van der Waals surface area (Å²) in [4.78, 5) is 35.5. The lowest BCUT2D eigenvalue weighted by Crippen LogP contribution is -2.48. The van der Waals surface area contributed by atoms with E-state index in [1.165, 1.54) is 18.3 Å². The molecule has 0 aliphatic carbocycles. The minimum Gasteiger partial charge on any atom is -0.347 e. The number of hydrogen-bond acceptors (Lipinski definition) is 4. The highest BCUT2D eigenvalue weighted by Gasteiger charge is 2.22. The van der Waals surface area contributed by atoms with Crippen LogP contribution in [0.4, 0.5) is 0 Å². The van der Waals surface area contributed by atoms with E-state index >= 15 is 0 Å². The van der Waals surface area contributed by atoms with Crippen molar-refractivity contribution in [2.45, 2.75) is 33.2 Å². The SMILES string of the molecule is CC(=O)CNC(=O)[C@H](CC(C)C)NC(=O)c1cccs1. The van der Waals surface area contributed by atoms with Crippen molar-refractivity contribution in [3.05, 3.63) is 22.4 Å². The predicted octanol–water partition coefficient (Wildman–Crippen LogP) is 1.60. The van der Waals surface area contributed by atoms with Crippen LogP contribution in [0.2, 0.25) is 0 Å². The molecule has 6 heteroatoms. The molecule has 0 saturated heterocycles. The van der Waals surface area contributed by atoms with Gasteiger partial charge in [-0.25, -0.2) is 0 Å². The zero-order valence-electron chi connectivity index (χ0n) is 11.9. The normalized spacial score (nSPS) is 12.0. The molecule has 0 aliphatic rings. The summed E-state index contributed by atoms with van der Waals surface area (Å²) >= 11 is 1.32. The van der Waals surface area contributed by atoms with Crippen molar-refractivity contribution < 1.29 is 14.4 Å². The Morgan fingerprint density at radius 1 is 1.30 bits per heavy atom. The van der Waals surface area contributed by atoms with Gasteiger partial charge in [-0.2, -0.15) is 0 Å². The fraction of sp³-hybridized carbons (Fsp3) is 0.500. The number of nitrogens with one attached hydrogen (secondary N) is 2. The van der Waals surface area contributed by atoms with Crippen LogP contribution in [-0.2, 0) is 9.59 Å². The van der Waals surface area contributed by atoms with Crippen LogP contribution >= 0.6 is 11.3 Å². The number of thiophene rings is 1. The minimum absolute atomic E-state index is 0.0116. The maximum Gasteiger partial charge on any atom is 0.261 e. The smallest absolute Gasteiger partial charge is 0.261 e. The van der Waals surface area contributed by atoms with Gasteiger partial charge in [0.05, 0.1) is 11.4 Å². The molecule has 5 nitrogen and oxygen atoms in total. The lowest BCUT2D eigenvalue weighted by molar-refractivity contribution is -0.126. The van der Waals surface area contributed by atoms with Gasteiger partial charge in [-0.3, -0.25) is 14.4 Å². The summed E-state index contributed by atoms with van der Waals surface area (Å²) in [7, 11) is 0. The molecule has 1 aromatic rings. The van der Waals surface area contributed by atoms with Gasteiger partial charge in [0.15, 0.2) is 0 Å². The van der Waals surface area contributed by atoms with Crippen molar-refractivity contribution in [3.8, 4) is 0 Å². The van der Waals surface area contributed by atoms with Crippen molar-refractivity contribution in [3.63, 3.8) is 0 Å². The fourth-order valence-corrected chi connectivity index (χ4v) is 2.30. The quantitative estimate of drug-likeness (QED) is 0.802. The summed E-state index contributed by atoms with van der Waals surface area (Å²) < 4.78 is 0. The second kappa shape index (κ2) is 7.79. The number of hydrogen-bond donors (Lipinski definition) is 2. The van der Waals surface area contributed by atoms with E-state index in [4.69, 9.17) is 0 Å². The van der Waals surface area contributed by atoms with Crippen LogP contribution in [0, 0.1) is 5.92 Å². The Balaban J connectivity index is 2.66. The first-order valence-electron chi connectivity index (χ1n) is 6.51. The molecular formula is C14H20N2O3S. The summed E-state index contributed by atoms with van der Waals surface area (Å²) in [5.74, 6) is -0.444. The second-order valence-corrected chi connectivity index (χ2v) is 6.00. The molecule has 0 unspecified atom stereocenters. The van der Waals surface area contributed by atoms with Crippen LogP contribution in [0.3, 0.4) is 0 Å². The van der Waals surface area contributed by atoms with E-state index in [0.29, 0.717) is 11.3 Å². The van der Waals surface area contributed by atoms with E-state index in [9.17, 15) is 14.4 Å². The predicted molar refractivity (Wildman–Crippen MR) is 78.7 cm³/mol. The molecule has 2 N–H and O–H groups in total. The Hall–Kier alpha value is -1.69. The number of ketones is 1. The largest absolute Gasteiger partial charge is 0.347 e. The molecule has 0 spiro atoms. The van der Waals surface area contributed by atoms with Crippen molar-refractivity contribution >= 4 is 28.9 Å². The van der Waals surface area contributed by atoms with Crippen LogP contribution in [0.1, 0.15) is 36.9 Å². The molecule has 1 heterocycles. The second-order valence-electron chi connectivity index (χ2n) is 5.05. The number of rotatable bonds is 7. The molecule has 0 aliphatic heterocycles. The van der Waals surface area contributed by atoms with E-state index in [-0.39, 0.29) is 30.1 Å². The lowest BCUT2D eigenvalue weighted by atomic mass is 10.0. The van der Waals surface area contributed by atoms with Gasteiger partial charge < -0.3 is 10.6 Å². The maximum atomic E-state index is 12.0. The first-order chi connectivity index (χ1) is 9.40.